The lowest BCUT2D eigenvalue weighted by atomic mass is 9.78. The number of hydrogen-bond donors (Lipinski definition) is 1. The Morgan fingerprint density at radius 1 is 1.29 bits per heavy atom. The van der Waals surface area contributed by atoms with Gasteiger partial charge in [0.05, 0.1) is 0 Å². The maximum atomic E-state index is 3.66. The molecule has 1 aliphatic heterocycles. The highest BCUT2D eigenvalue weighted by Crippen LogP contribution is 2.30. The van der Waals surface area contributed by atoms with Gasteiger partial charge in [-0.3, -0.25) is 0 Å². The molecule has 1 rings (SSSR count). The van der Waals surface area contributed by atoms with Crippen LogP contribution in [0.3, 0.4) is 0 Å². The maximum absolute atomic E-state index is 3.66. The number of rotatable bonds is 2. The van der Waals surface area contributed by atoms with Gasteiger partial charge in [0.2, 0.25) is 0 Å². The third-order valence-corrected chi connectivity index (χ3v) is 3.34. The van der Waals surface area contributed by atoms with Gasteiger partial charge in [-0.25, -0.2) is 0 Å². The minimum Gasteiger partial charge on any atom is -0.314 e. The Balaban J connectivity index is 2.40. The normalized spacial score (nSPS) is 29.6. The molecule has 1 nitrogen and oxygen atoms in total. The fourth-order valence-corrected chi connectivity index (χ4v) is 2.54. The highest BCUT2D eigenvalue weighted by Gasteiger charge is 2.26. The van der Waals surface area contributed by atoms with Crippen molar-refractivity contribution >= 4 is 0 Å². The summed E-state index contributed by atoms with van der Waals surface area (Å²) in [5, 5.41) is 3.66. The van der Waals surface area contributed by atoms with Crippen molar-refractivity contribution in [2.45, 2.75) is 59.9 Å². The molecule has 2 atom stereocenters. The standard InChI is InChI=1S/C13H27N/c1-10(2)11-6-7-14-12(8-11)9-13(3,4)5/h10-12,14H,6-9H2,1-5H3. The zero-order chi connectivity index (χ0) is 10.8. The van der Waals surface area contributed by atoms with Crippen LogP contribution in [0.2, 0.25) is 0 Å². The van der Waals surface area contributed by atoms with E-state index in [9.17, 15) is 0 Å². The molecule has 1 fully saturated rings. The van der Waals surface area contributed by atoms with E-state index in [-0.39, 0.29) is 0 Å². The molecule has 1 heterocycles. The number of hydrogen-bond acceptors (Lipinski definition) is 1. The van der Waals surface area contributed by atoms with Gasteiger partial charge in [0.1, 0.15) is 0 Å². The molecule has 84 valence electrons. The van der Waals surface area contributed by atoms with E-state index < -0.39 is 0 Å². The summed E-state index contributed by atoms with van der Waals surface area (Å²) in [5.74, 6) is 1.81. The van der Waals surface area contributed by atoms with E-state index in [0.29, 0.717) is 5.41 Å². The topological polar surface area (TPSA) is 12.0 Å². The average molecular weight is 197 g/mol. The molecule has 0 aromatic rings. The second-order valence-electron chi connectivity index (χ2n) is 6.44. The van der Waals surface area contributed by atoms with Crippen LogP contribution in [0.25, 0.3) is 0 Å². The predicted octanol–water partition coefficient (Wildman–Crippen LogP) is 3.45. The van der Waals surface area contributed by atoms with Crippen LogP contribution in [0.5, 0.6) is 0 Å². The molecule has 1 N–H and O–H groups in total. The van der Waals surface area contributed by atoms with E-state index in [1.165, 1.54) is 25.8 Å². The zero-order valence-corrected chi connectivity index (χ0v) is 10.6. The molecule has 14 heavy (non-hydrogen) atoms. The van der Waals surface area contributed by atoms with Crippen LogP contribution in [0.1, 0.15) is 53.9 Å². The first-order chi connectivity index (χ1) is 6.38. The van der Waals surface area contributed by atoms with Crippen LogP contribution in [0.15, 0.2) is 0 Å². The summed E-state index contributed by atoms with van der Waals surface area (Å²) in [6, 6.07) is 0.760. The van der Waals surface area contributed by atoms with Gasteiger partial charge < -0.3 is 5.32 Å². The summed E-state index contributed by atoms with van der Waals surface area (Å²) in [6.45, 7) is 13.0. The lowest BCUT2D eigenvalue weighted by molar-refractivity contribution is 0.199. The molecule has 0 amide bonds. The van der Waals surface area contributed by atoms with Crippen LogP contribution in [-0.4, -0.2) is 12.6 Å². The van der Waals surface area contributed by atoms with Crippen molar-refractivity contribution in [1.82, 2.24) is 5.32 Å². The minimum absolute atomic E-state index is 0.469. The monoisotopic (exact) mass is 197 g/mol. The van der Waals surface area contributed by atoms with Gasteiger partial charge in [0.15, 0.2) is 0 Å². The fourth-order valence-electron chi connectivity index (χ4n) is 2.54. The van der Waals surface area contributed by atoms with Crippen LogP contribution >= 0.6 is 0 Å². The van der Waals surface area contributed by atoms with Crippen molar-refractivity contribution in [2.75, 3.05) is 6.54 Å². The largest absolute Gasteiger partial charge is 0.314 e. The molecule has 0 saturated carbocycles. The Kier molecular flexibility index (Phi) is 4.00. The SMILES string of the molecule is CC(C)C1CCNC(CC(C)(C)C)C1. The number of nitrogens with one attached hydrogen (secondary N) is 1. The summed E-state index contributed by atoms with van der Waals surface area (Å²) in [6.07, 6.45) is 4.07. The van der Waals surface area contributed by atoms with Crippen LogP contribution in [0, 0.1) is 17.3 Å². The second kappa shape index (κ2) is 4.65. The smallest absolute Gasteiger partial charge is 0.00747 e. The van der Waals surface area contributed by atoms with Crippen molar-refractivity contribution in [3.63, 3.8) is 0 Å². The molecule has 0 bridgehead atoms. The Labute approximate surface area is 89.7 Å². The van der Waals surface area contributed by atoms with Gasteiger partial charge in [-0.2, -0.15) is 0 Å². The van der Waals surface area contributed by atoms with Crippen molar-refractivity contribution in [2.24, 2.45) is 17.3 Å². The summed E-state index contributed by atoms with van der Waals surface area (Å²) in [4.78, 5) is 0. The Bertz CT molecular complexity index is 167. The summed E-state index contributed by atoms with van der Waals surface area (Å²) < 4.78 is 0. The third kappa shape index (κ3) is 4.00. The van der Waals surface area contributed by atoms with Crippen molar-refractivity contribution in [3.05, 3.63) is 0 Å². The highest BCUT2D eigenvalue weighted by molar-refractivity contribution is 4.83. The summed E-state index contributed by atoms with van der Waals surface area (Å²) in [5.41, 5.74) is 0.469. The number of piperidine rings is 1. The molecule has 2 unspecified atom stereocenters. The van der Waals surface area contributed by atoms with Gasteiger partial charge in [-0.05, 0) is 43.1 Å². The van der Waals surface area contributed by atoms with Gasteiger partial charge in [0, 0.05) is 6.04 Å². The lowest BCUT2D eigenvalue weighted by Gasteiger charge is -2.35. The minimum atomic E-state index is 0.469. The molecule has 1 heteroatoms. The first kappa shape index (κ1) is 12.0. The quantitative estimate of drug-likeness (QED) is 0.715. The van der Waals surface area contributed by atoms with Crippen molar-refractivity contribution in [1.29, 1.82) is 0 Å². The van der Waals surface area contributed by atoms with Gasteiger partial charge in [-0.15, -0.1) is 0 Å². The Morgan fingerprint density at radius 2 is 1.93 bits per heavy atom. The molecule has 0 aromatic heterocycles. The zero-order valence-electron chi connectivity index (χ0n) is 10.6. The second-order valence-corrected chi connectivity index (χ2v) is 6.44. The Morgan fingerprint density at radius 3 is 2.43 bits per heavy atom. The molecule has 0 aromatic carbocycles. The van der Waals surface area contributed by atoms with E-state index >= 15 is 0 Å². The van der Waals surface area contributed by atoms with Crippen LogP contribution < -0.4 is 5.32 Å². The van der Waals surface area contributed by atoms with Gasteiger partial charge >= 0.3 is 0 Å². The molecular weight excluding hydrogens is 170 g/mol. The average Bonchev–Trinajstić information content (AvgIpc) is 2.01. The highest BCUT2D eigenvalue weighted by atomic mass is 14.9. The van der Waals surface area contributed by atoms with Crippen molar-refractivity contribution in [3.8, 4) is 0 Å². The lowest BCUT2D eigenvalue weighted by Crippen LogP contribution is -2.41. The van der Waals surface area contributed by atoms with E-state index in [1.807, 2.05) is 0 Å². The van der Waals surface area contributed by atoms with Gasteiger partial charge in [0.25, 0.3) is 0 Å². The fraction of sp³-hybridized carbons (Fsp3) is 1.00. The predicted molar refractivity (Wildman–Crippen MR) is 63.4 cm³/mol. The molecule has 0 spiro atoms. The Hall–Kier alpha value is -0.0400. The summed E-state index contributed by atoms with van der Waals surface area (Å²) in [7, 11) is 0. The van der Waals surface area contributed by atoms with E-state index in [4.69, 9.17) is 0 Å². The molecule has 1 aliphatic rings. The molecular formula is C13H27N. The molecule has 0 radical (unpaired) electrons. The van der Waals surface area contributed by atoms with Crippen molar-refractivity contribution < 1.29 is 0 Å². The molecule has 0 aliphatic carbocycles. The summed E-state index contributed by atoms with van der Waals surface area (Å²) >= 11 is 0. The van der Waals surface area contributed by atoms with Gasteiger partial charge in [-0.1, -0.05) is 34.6 Å². The third-order valence-electron chi connectivity index (χ3n) is 3.34. The maximum Gasteiger partial charge on any atom is 0.00747 e. The molecule has 1 saturated heterocycles. The van der Waals surface area contributed by atoms with Crippen LogP contribution in [0.4, 0.5) is 0 Å². The van der Waals surface area contributed by atoms with E-state index in [1.54, 1.807) is 0 Å². The van der Waals surface area contributed by atoms with E-state index in [0.717, 1.165) is 17.9 Å². The van der Waals surface area contributed by atoms with Crippen LogP contribution in [-0.2, 0) is 0 Å². The first-order valence-electron chi connectivity index (χ1n) is 6.12. The first-order valence-corrected chi connectivity index (χ1v) is 6.12. The van der Waals surface area contributed by atoms with E-state index in [2.05, 4.69) is 39.9 Å².